The summed E-state index contributed by atoms with van der Waals surface area (Å²) >= 11 is 0. The zero-order chi connectivity index (χ0) is 20.9. The highest BCUT2D eigenvalue weighted by atomic mass is 16.5. The summed E-state index contributed by atoms with van der Waals surface area (Å²) < 4.78 is 8.55. The number of carbonyl (C=O) groups is 2. The second kappa shape index (κ2) is 8.86. The third-order valence-corrected chi connectivity index (χ3v) is 4.87. The van der Waals surface area contributed by atoms with Crippen LogP contribution in [-0.4, -0.2) is 60.8 Å². The smallest absolute Gasteiger partial charge is 0.273 e. The minimum absolute atomic E-state index is 0.0615. The van der Waals surface area contributed by atoms with Crippen LogP contribution in [0.15, 0.2) is 24.8 Å². The zero-order valence-electron chi connectivity index (χ0n) is 16.5. The number of anilines is 1. The number of hydrogen-bond acceptors (Lipinski definition) is 8. The fourth-order valence-electron chi connectivity index (χ4n) is 3.33. The number of aryl methyl sites for hydroxylation is 1. The lowest BCUT2D eigenvalue weighted by Crippen LogP contribution is -2.43. The van der Waals surface area contributed by atoms with Gasteiger partial charge in [0.2, 0.25) is 0 Å². The average molecular weight is 413 g/mol. The van der Waals surface area contributed by atoms with Gasteiger partial charge >= 0.3 is 0 Å². The summed E-state index contributed by atoms with van der Waals surface area (Å²) in [4.78, 5) is 29.3. The Morgan fingerprint density at radius 2 is 2.07 bits per heavy atom. The van der Waals surface area contributed by atoms with Crippen LogP contribution in [-0.2, 0) is 22.6 Å². The third-order valence-electron chi connectivity index (χ3n) is 4.87. The highest BCUT2D eigenvalue weighted by Gasteiger charge is 2.22. The standard InChI is InChI=1S/C18H23N9O3/c1-2-27-17-13(10-21-27)16(22-12-3-7-30-8-4-12)14(9-19-17)18(29)24-23-15(28)11-26-6-5-20-25-26/h5-6,9-10,12H,2-4,7-8,11H2,1H3,(H,19,22)(H,23,28)(H,24,29). The molecule has 0 saturated carbocycles. The normalized spacial score (nSPS) is 14.6. The number of fused-ring (bicyclic) bond motifs is 1. The maximum Gasteiger partial charge on any atom is 0.273 e. The Morgan fingerprint density at radius 1 is 1.23 bits per heavy atom. The molecule has 12 nitrogen and oxygen atoms in total. The molecular formula is C18H23N9O3. The van der Waals surface area contributed by atoms with Gasteiger partial charge in [0, 0.05) is 38.2 Å². The lowest BCUT2D eigenvalue weighted by Gasteiger charge is -2.25. The first-order valence-corrected chi connectivity index (χ1v) is 9.77. The van der Waals surface area contributed by atoms with Crippen molar-refractivity contribution in [1.29, 1.82) is 0 Å². The second-order valence-corrected chi connectivity index (χ2v) is 6.88. The third kappa shape index (κ3) is 4.22. The van der Waals surface area contributed by atoms with Crippen molar-refractivity contribution >= 4 is 28.5 Å². The molecule has 3 aromatic rings. The maximum absolute atomic E-state index is 12.8. The number of nitrogens with one attached hydrogen (secondary N) is 3. The summed E-state index contributed by atoms with van der Waals surface area (Å²) in [5.74, 6) is -0.907. The molecule has 158 valence electrons. The number of aromatic nitrogens is 6. The molecular weight excluding hydrogens is 390 g/mol. The molecule has 3 N–H and O–H groups in total. The summed E-state index contributed by atoms with van der Waals surface area (Å²) in [6.07, 6.45) is 7.89. The molecule has 0 spiro atoms. The monoisotopic (exact) mass is 413 g/mol. The van der Waals surface area contributed by atoms with Crippen molar-refractivity contribution in [1.82, 2.24) is 40.6 Å². The summed E-state index contributed by atoms with van der Waals surface area (Å²) in [5.41, 5.74) is 6.50. The lowest BCUT2D eigenvalue weighted by molar-refractivity contribution is -0.122. The van der Waals surface area contributed by atoms with Crippen LogP contribution in [0.2, 0.25) is 0 Å². The van der Waals surface area contributed by atoms with Gasteiger partial charge in [-0.15, -0.1) is 5.10 Å². The molecule has 0 radical (unpaired) electrons. The van der Waals surface area contributed by atoms with E-state index in [-0.39, 0.29) is 12.6 Å². The number of hydrazine groups is 1. The molecule has 1 fully saturated rings. The number of pyridine rings is 1. The molecule has 2 amide bonds. The van der Waals surface area contributed by atoms with E-state index in [2.05, 4.69) is 36.6 Å². The lowest BCUT2D eigenvalue weighted by atomic mass is 10.1. The molecule has 1 saturated heterocycles. The topological polar surface area (TPSA) is 141 Å². The Bertz CT molecular complexity index is 1030. The van der Waals surface area contributed by atoms with Crippen LogP contribution >= 0.6 is 0 Å². The van der Waals surface area contributed by atoms with Crippen LogP contribution in [0, 0.1) is 0 Å². The highest BCUT2D eigenvalue weighted by Crippen LogP contribution is 2.28. The van der Waals surface area contributed by atoms with Crippen molar-refractivity contribution in [3.05, 3.63) is 30.4 Å². The molecule has 4 heterocycles. The largest absolute Gasteiger partial charge is 0.381 e. The van der Waals surface area contributed by atoms with Gasteiger partial charge in [-0.25, -0.2) is 14.3 Å². The van der Waals surface area contributed by atoms with E-state index >= 15 is 0 Å². The van der Waals surface area contributed by atoms with E-state index < -0.39 is 11.8 Å². The molecule has 1 aliphatic heterocycles. The summed E-state index contributed by atoms with van der Waals surface area (Å²) in [7, 11) is 0. The number of rotatable bonds is 6. The van der Waals surface area contributed by atoms with Gasteiger partial charge in [0.25, 0.3) is 11.8 Å². The van der Waals surface area contributed by atoms with Gasteiger partial charge in [-0.2, -0.15) is 5.10 Å². The minimum atomic E-state index is -0.477. The molecule has 1 aliphatic rings. The number of ether oxygens (including phenoxy) is 1. The predicted molar refractivity (Wildman–Crippen MR) is 106 cm³/mol. The van der Waals surface area contributed by atoms with E-state index in [0.29, 0.717) is 36.7 Å². The Kier molecular flexibility index (Phi) is 5.84. The van der Waals surface area contributed by atoms with E-state index in [1.54, 1.807) is 17.1 Å². The van der Waals surface area contributed by atoms with Crippen molar-refractivity contribution in [3.8, 4) is 0 Å². The Labute approximate surface area is 171 Å². The van der Waals surface area contributed by atoms with Crippen LogP contribution in [0.3, 0.4) is 0 Å². The van der Waals surface area contributed by atoms with Gasteiger partial charge in [-0.05, 0) is 19.8 Å². The first-order chi connectivity index (χ1) is 14.7. The second-order valence-electron chi connectivity index (χ2n) is 6.88. The zero-order valence-corrected chi connectivity index (χ0v) is 16.5. The first-order valence-electron chi connectivity index (χ1n) is 9.77. The van der Waals surface area contributed by atoms with Crippen molar-refractivity contribution < 1.29 is 14.3 Å². The maximum atomic E-state index is 12.8. The van der Waals surface area contributed by atoms with Crippen molar-refractivity contribution in [2.24, 2.45) is 0 Å². The van der Waals surface area contributed by atoms with E-state index in [1.165, 1.54) is 17.1 Å². The van der Waals surface area contributed by atoms with E-state index in [4.69, 9.17) is 4.74 Å². The fourth-order valence-corrected chi connectivity index (χ4v) is 3.33. The van der Waals surface area contributed by atoms with Gasteiger partial charge in [0.1, 0.15) is 6.54 Å². The summed E-state index contributed by atoms with van der Waals surface area (Å²) in [6.45, 7) is 3.91. The van der Waals surface area contributed by atoms with E-state index in [1.807, 2.05) is 6.92 Å². The summed E-state index contributed by atoms with van der Waals surface area (Å²) in [5, 5.41) is 15.9. The molecule has 0 atom stereocenters. The first kappa shape index (κ1) is 19.8. The van der Waals surface area contributed by atoms with Gasteiger partial charge in [0.05, 0.1) is 29.0 Å². The van der Waals surface area contributed by atoms with E-state index in [9.17, 15) is 9.59 Å². The molecule has 0 unspecified atom stereocenters. The SMILES string of the molecule is CCn1ncc2c(NC3CCOCC3)c(C(=O)NNC(=O)Cn3ccnn3)cnc21. The van der Waals surface area contributed by atoms with Crippen molar-refractivity contribution in [2.45, 2.75) is 38.9 Å². The molecule has 0 aliphatic carbocycles. The molecule has 30 heavy (non-hydrogen) atoms. The Hall–Kier alpha value is -3.54. The fraction of sp³-hybridized carbons (Fsp3) is 0.444. The molecule has 0 aromatic carbocycles. The predicted octanol–water partition coefficient (Wildman–Crippen LogP) is 0.0948. The Morgan fingerprint density at radius 3 is 2.80 bits per heavy atom. The van der Waals surface area contributed by atoms with Crippen LogP contribution in [0.5, 0.6) is 0 Å². The molecule has 0 bridgehead atoms. The average Bonchev–Trinajstić information content (AvgIpc) is 3.42. The molecule has 4 rings (SSSR count). The van der Waals surface area contributed by atoms with Crippen LogP contribution < -0.4 is 16.2 Å². The van der Waals surface area contributed by atoms with E-state index in [0.717, 1.165) is 18.2 Å². The van der Waals surface area contributed by atoms with Gasteiger partial charge in [-0.3, -0.25) is 20.4 Å². The number of amides is 2. The van der Waals surface area contributed by atoms with Gasteiger partial charge < -0.3 is 10.1 Å². The van der Waals surface area contributed by atoms with Crippen LogP contribution in [0.4, 0.5) is 5.69 Å². The quantitative estimate of drug-likeness (QED) is 0.483. The van der Waals surface area contributed by atoms with Gasteiger partial charge in [-0.1, -0.05) is 5.21 Å². The Balaban J connectivity index is 1.54. The van der Waals surface area contributed by atoms with Crippen molar-refractivity contribution in [2.75, 3.05) is 18.5 Å². The number of hydrogen-bond donors (Lipinski definition) is 3. The highest BCUT2D eigenvalue weighted by molar-refractivity contribution is 6.06. The minimum Gasteiger partial charge on any atom is -0.381 e. The number of nitrogens with zero attached hydrogens (tertiary/aromatic N) is 6. The van der Waals surface area contributed by atoms with Crippen LogP contribution in [0.1, 0.15) is 30.1 Å². The molecule has 3 aromatic heterocycles. The van der Waals surface area contributed by atoms with Gasteiger partial charge in [0.15, 0.2) is 5.65 Å². The summed E-state index contributed by atoms with van der Waals surface area (Å²) in [6, 6.07) is 0.169. The van der Waals surface area contributed by atoms with Crippen LogP contribution in [0.25, 0.3) is 11.0 Å². The molecule has 12 heteroatoms. The number of carbonyl (C=O) groups excluding carboxylic acids is 2. The van der Waals surface area contributed by atoms with Crippen molar-refractivity contribution in [3.63, 3.8) is 0 Å².